The number of aliphatic hydroxyl groups is 1. The molecule has 1 aliphatic carbocycles. The van der Waals surface area contributed by atoms with Gasteiger partial charge in [-0.1, -0.05) is 33.1 Å². The molecule has 1 aliphatic rings. The molecule has 0 spiro atoms. The fraction of sp³-hybridized carbons (Fsp3) is 1.00. The Labute approximate surface area is 119 Å². The maximum Gasteiger partial charge on any atom is 0.0611 e. The molecule has 0 aromatic carbocycles. The molecular weight excluding hydrogens is 238 g/mol. The Kier molecular flexibility index (Phi) is 7.96. The molecule has 0 radical (unpaired) electrons. The molecule has 1 rings (SSSR count). The SMILES string of the molecule is CCCCC(CC)COCCC(C)(CO)NC1CC1. The minimum absolute atomic E-state index is 0.160. The summed E-state index contributed by atoms with van der Waals surface area (Å²) in [6.45, 7) is 8.41. The predicted molar refractivity (Wildman–Crippen MR) is 80.4 cm³/mol. The summed E-state index contributed by atoms with van der Waals surface area (Å²) >= 11 is 0. The van der Waals surface area contributed by atoms with E-state index in [9.17, 15) is 5.11 Å². The van der Waals surface area contributed by atoms with E-state index in [1.165, 1.54) is 38.5 Å². The summed E-state index contributed by atoms with van der Waals surface area (Å²) in [5, 5.41) is 13.0. The van der Waals surface area contributed by atoms with Crippen molar-refractivity contribution in [1.82, 2.24) is 5.32 Å². The number of rotatable bonds is 12. The van der Waals surface area contributed by atoms with Gasteiger partial charge < -0.3 is 15.2 Å². The first-order valence-electron chi connectivity index (χ1n) is 8.09. The summed E-state index contributed by atoms with van der Waals surface area (Å²) in [5.74, 6) is 0.705. The van der Waals surface area contributed by atoms with Gasteiger partial charge in [0.1, 0.15) is 0 Å². The molecule has 0 bridgehead atoms. The Morgan fingerprint density at radius 1 is 1.37 bits per heavy atom. The molecule has 1 fully saturated rings. The number of nitrogens with one attached hydrogen (secondary N) is 1. The second kappa shape index (κ2) is 8.93. The molecule has 19 heavy (non-hydrogen) atoms. The Balaban J connectivity index is 2.12. The van der Waals surface area contributed by atoms with Gasteiger partial charge in [0.25, 0.3) is 0 Å². The molecule has 0 aliphatic heterocycles. The van der Waals surface area contributed by atoms with E-state index >= 15 is 0 Å². The van der Waals surface area contributed by atoms with Crippen molar-refractivity contribution >= 4 is 0 Å². The standard InChI is InChI=1S/C16H33NO2/c1-4-6-7-14(5-2)12-19-11-10-16(3,13-18)17-15-8-9-15/h14-15,17-18H,4-13H2,1-3H3. The van der Waals surface area contributed by atoms with E-state index in [2.05, 4.69) is 26.1 Å². The van der Waals surface area contributed by atoms with Gasteiger partial charge in [-0.05, 0) is 38.5 Å². The molecule has 114 valence electrons. The molecule has 2 unspecified atom stereocenters. The van der Waals surface area contributed by atoms with Crippen molar-refractivity contribution in [2.75, 3.05) is 19.8 Å². The van der Waals surface area contributed by atoms with Crippen molar-refractivity contribution in [3.8, 4) is 0 Å². The van der Waals surface area contributed by atoms with E-state index in [0.29, 0.717) is 12.0 Å². The third-order valence-corrected chi connectivity index (χ3v) is 4.17. The highest BCUT2D eigenvalue weighted by molar-refractivity contribution is 4.92. The van der Waals surface area contributed by atoms with Crippen LogP contribution in [0.3, 0.4) is 0 Å². The van der Waals surface area contributed by atoms with Crippen LogP contribution in [0.4, 0.5) is 0 Å². The zero-order valence-corrected chi connectivity index (χ0v) is 13.1. The van der Waals surface area contributed by atoms with Crippen molar-refractivity contribution in [2.24, 2.45) is 5.92 Å². The number of hydrogen-bond acceptors (Lipinski definition) is 3. The van der Waals surface area contributed by atoms with E-state index in [4.69, 9.17) is 4.74 Å². The highest BCUT2D eigenvalue weighted by Gasteiger charge is 2.31. The molecule has 2 atom stereocenters. The van der Waals surface area contributed by atoms with Gasteiger partial charge in [0, 0.05) is 24.8 Å². The number of unbranched alkanes of at least 4 members (excludes halogenated alkanes) is 1. The molecule has 3 heteroatoms. The fourth-order valence-electron chi connectivity index (χ4n) is 2.36. The molecule has 0 heterocycles. The molecule has 0 saturated heterocycles. The van der Waals surface area contributed by atoms with Gasteiger partial charge in [0.05, 0.1) is 6.61 Å². The largest absolute Gasteiger partial charge is 0.394 e. The Hall–Kier alpha value is -0.120. The quantitative estimate of drug-likeness (QED) is 0.536. The average Bonchev–Trinajstić information content (AvgIpc) is 3.22. The Morgan fingerprint density at radius 2 is 2.11 bits per heavy atom. The van der Waals surface area contributed by atoms with E-state index in [-0.39, 0.29) is 12.1 Å². The topological polar surface area (TPSA) is 41.5 Å². The maximum atomic E-state index is 9.51. The fourth-order valence-corrected chi connectivity index (χ4v) is 2.36. The van der Waals surface area contributed by atoms with Gasteiger partial charge in [-0.15, -0.1) is 0 Å². The number of aliphatic hydroxyl groups excluding tert-OH is 1. The van der Waals surface area contributed by atoms with Crippen LogP contribution < -0.4 is 5.32 Å². The molecule has 3 nitrogen and oxygen atoms in total. The van der Waals surface area contributed by atoms with Crippen LogP contribution in [0.1, 0.15) is 65.7 Å². The third kappa shape index (κ3) is 7.28. The maximum absolute atomic E-state index is 9.51. The molecule has 0 aromatic heterocycles. The van der Waals surface area contributed by atoms with E-state index < -0.39 is 0 Å². The lowest BCUT2D eigenvalue weighted by molar-refractivity contribution is 0.0627. The monoisotopic (exact) mass is 271 g/mol. The Morgan fingerprint density at radius 3 is 2.63 bits per heavy atom. The first-order chi connectivity index (χ1) is 9.13. The van der Waals surface area contributed by atoms with Crippen LogP contribution in [0.5, 0.6) is 0 Å². The zero-order chi connectivity index (χ0) is 14.1. The van der Waals surface area contributed by atoms with Crippen molar-refractivity contribution in [3.63, 3.8) is 0 Å². The smallest absolute Gasteiger partial charge is 0.0611 e. The highest BCUT2D eigenvalue weighted by Crippen LogP contribution is 2.24. The van der Waals surface area contributed by atoms with Crippen molar-refractivity contribution in [3.05, 3.63) is 0 Å². The van der Waals surface area contributed by atoms with Crippen LogP contribution >= 0.6 is 0 Å². The first-order valence-corrected chi connectivity index (χ1v) is 8.09. The van der Waals surface area contributed by atoms with Gasteiger partial charge in [-0.2, -0.15) is 0 Å². The summed E-state index contributed by atoms with van der Waals surface area (Å²) in [5.41, 5.74) is -0.160. The van der Waals surface area contributed by atoms with Gasteiger partial charge in [0.15, 0.2) is 0 Å². The molecule has 1 saturated carbocycles. The van der Waals surface area contributed by atoms with Gasteiger partial charge in [0.2, 0.25) is 0 Å². The summed E-state index contributed by atoms with van der Waals surface area (Å²) in [6, 6.07) is 0.630. The second-order valence-corrected chi connectivity index (χ2v) is 6.38. The summed E-state index contributed by atoms with van der Waals surface area (Å²) < 4.78 is 5.83. The van der Waals surface area contributed by atoms with Crippen molar-refractivity contribution < 1.29 is 9.84 Å². The molecule has 2 N–H and O–H groups in total. The minimum Gasteiger partial charge on any atom is -0.394 e. The lowest BCUT2D eigenvalue weighted by Crippen LogP contribution is -2.47. The van der Waals surface area contributed by atoms with Crippen LogP contribution in [-0.4, -0.2) is 36.5 Å². The van der Waals surface area contributed by atoms with E-state index in [0.717, 1.165) is 19.6 Å². The van der Waals surface area contributed by atoms with Crippen LogP contribution in [0.25, 0.3) is 0 Å². The second-order valence-electron chi connectivity index (χ2n) is 6.38. The summed E-state index contributed by atoms with van der Waals surface area (Å²) in [4.78, 5) is 0. The average molecular weight is 271 g/mol. The lowest BCUT2D eigenvalue weighted by atomic mass is 9.99. The van der Waals surface area contributed by atoms with Gasteiger partial charge in [-0.25, -0.2) is 0 Å². The van der Waals surface area contributed by atoms with Crippen LogP contribution in [0.15, 0.2) is 0 Å². The van der Waals surface area contributed by atoms with E-state index in [1.54, 1.807) is 0 Å². The van der Waals surface area contributed by atoms with Gasteiger partial charge in [-0.3, -0.25) is 0 Å². The highest BCUT2D eigenvalue weighted by atomic mass is 16.5. The molecule has 0 aromatic rings. The molecular formula is C16H33NO2. The number of ether oxygens (including phenoxy) is 1. The van der Waals surface area contributed by atoms with Crippen LogP contribution in [0.2, 0.25) is 0 Å². The van der Waals surface area contributed by atoms with Crippen molar-refractivity contribution in [2.45, 2.75) is 77.3 Å². The molecule has 0 amide bonds. The summed E-state index contributed by atoms with van der Waals surface area (Å²) in [6.07, 6.45) is 8.47. The minimum atomic E-state index is -0.160. The predicted octanol–water partition coefficient (Wildman–Crippen LogP) is 3.11. The zero-order valence-electron chi connectivity index (χ0n) is 13.1. The number of hydrogen-bond donors (Lipinski definition) is 2. The van der Waals surface area contributed by atoms with Crippen LogP contribution in [-0.2, 0) is 4.74 Å². The first kappa shape index (κ1) is 16.9. The lowest BCUT2D eigenvalue weighted by Gasteiger charge is -2.29. The van der Waals surface area contributed by atoms with E-state index in [1.807, 2.05) is 0 Å². The van der Waals surface area contributed by atoms with Crippen molar-refractivity contribution in [1.29, 1.82) is 0 Å². The normalized spacial score (nSPS) is 20.2. The Bertz CT molecular complexity index is 231. The van der Waals surface area contributed by atoms with Crippen LogP contribution in [0, 0.1) is 5.92 Å². The third-order valence-electron chi connectivity index (χ3n) is 4.17. The summed E-state index contributed by atoms with van der Waals surface area (Å²) in [7, 11) is 0. The van der Waals surface area contributed by atoms with Gasteiger partial charge >= 0.3 is 0 Å².